The van der Waals surface area contributed by atoms with E-state index >= 15 is 0 Å². The molecule has 1 saturated heterocycles. The van der Waals surface area contributed by atoms with Crippen LogP contribution < -0.4 is 10.6 Å². The Morgan fingerprint density at radius 1 is 1.26 bits per heavy atom. The minimum absolute atomic E-state index is 0.280. The first-order valence-electron chi connectivity index (χ1n) is 9.20. The number of carbonyl (C=O) groups excluding carboxylic acids is 3. The highest BCUT2D eigenvalue weighted by Crippen LogP contribution is 2.34. The zero-order valence-corrected chi connectivity index (χ0v) is 16.2. The van der Waals surface area contributed by atoms with Crippen LogP contribution in [0.1, 0.15) is 43.2 Å². The lowest BCUT2D eigenvalue weighted by atomic mass is 9.82. The quantitative estimate of drug-likeness (QED) is 0.793. The lowest BCUT2D eigenvalue weighted by Gasteiger charge is -2.30. The summed E-state index contributed by atoms with van der Waals surface area (Å²) < 4.78 is 0.999. The Morgan fingerprint density at radius 2 is 2.00 bits per heavy atom. The fourth-order valence-electron chi connectivity index (χ4n) is 4.04. The summed E-state index contributed by atoms with van der Waals surface area (Å²) in [6.45, 7) is 3.71. The second-order valence-corrected chi connectivity index (χ2v) is 8.49. The van der Waals surface area contributed by atoms with Gasteiger partial charge >= 0.3 is 6.03 Å². The maximum absolute atomic E-state index is 12.8. The van der Waals surface area contributed by atoms with Crippen molar-refractivity contribution in [3.05, 3.63) is 23.3 Å². The highest BCUT2D eigenvalue weighted by molar-refractivity contribution is 7.22. The largest absolute Gasteiger partial charge is 0.325 e. The van der Waals surface area contributed by atoms with Gasteiger partial charge in [0.15, 0.2) is 5.13 Å². The van der Waals surface area contributed by atoms with E-state index in [1.165, 1.54) is 11.3 Å². The van der Waals surface area contributed by atoms with E-state index in [1.807, 2.05) is 26.0 Å². The van der Waals surface area contributed by atoms with Crippen molar-refractivity contribution < 1.29 is 14.4 Å². The number of aryl methyl sites for hydroxylation is 2. The second-order valence-electron chi connectivity index (χ2n) is 7.46. The zero-order chi connectivity index (χ0) is 19.2. The van der Waals surface area contributed by atoms with Crippen LogP contribution in [0, 0.1) is 13.8 Å². The number of hydrogen-bond acceptors (Lipinski definition) is 5. The van der Waals surface area contributed by atoms with Gasteiger partial charge in [0.25, 0.3) is 5.91 Å². The summed E-state index contributed by atoms with van der Waals surface area (Å²) in [5.41, 5.74) is 2.24. The molecule has 1 aliphatic carbocycles. The number of nitrogens with one attached hydrogen (secondary N) is 2. The maximum Gasteiger partial charge on any atom is 0.325 e. The molecule has 0 radical (unpaired) electrons. The number of nitrogens with zero attached hydrogens (tertiary/aromatic N) is 2. The summed E-state index contributed by atoms with van der Waals surface area (Å²) in [5, 5.41) is 6.03. The molecule has 2 aliphatic rings. The molecule has 1 spiro atoms. The fourth-order valence-corrected chi connectivity index (χ4v) is 5.10. The summed E-state index contributed by atoms with van der Waals surface area (Å²) in [4.78, 5) is 43.0. The lowest BCUT2D eigenvalue weighted by molar-refractivity contribution is -0.134. The van der Waals surface area contributed by atoms with Crippen molar-refractivity contribution in [3.63, 3.8) is 0 Å². The van der Waals surface area contributed by atoms with Crippen molar-refractivity contribution in [1.29, 1.82) is 0 Å². The molecule has 27 heavy (non-hydrogen) atoms. The Morgan fingerprint density at radius 3 is 2.74 bits per heavy atom. The van der Waals surface area contributed by atoms with Crippen molar-refractivity contribution in [3.8, 4) is 0 Å². The van der Waals surface area contributed by atoms with Crippen LogP contribution in [0.25, 0.3) is 10.2 Å². The van der Waals surface area contributed by atoms with Crippen LogP contribution in [0.4, 0.5) is 9.93 Å². The minimum atomic E-state index is -0.805. The Hall–Kier alpha value is -2.48. The average Bonchev–Trinajstić information content (AvgIpc) is 3.10. The molecule has 7 nitrogen and oxygen atoms in total. The van der Waals surface area contributed by atoms with E-state index in [1.54, 1.807) is 0 Å². The smallest absolute Gasteiger partial charge is 0.323 e. The number of rotatable bonds is 3. The summed E-state index contributed by atoms with van der Waals surface area (Å²) in [7, 11) is 0. The number of carbonyl (C=O) groups is 3. The van der Waals surface area contributed by atoms with Gasteiger partial charge in [-0.15, -0.1) is 0 Å². The lowest BCUT2D eigenvalue weighted by Crippen LogP contribution is -2.48. The number of thiazole rings is 1. The van der Waals surface area contributed by atoms with E-state index in [0.29, 0.717) is 18.0 Å². The number of fused-ring (bicyclic) bond motifs is 1. The number of amides is 4. The molecule has 8 heteroatoms. The minimum Gasteiger partial charge on any atom is -0.323 e. The molecule has 2 fully saturated rings. The van der Waals surface area contributed by atoms with Gasteiger partial charge in [-0.1, -0.05) is 36.7 Å². The monoisotopic (exact) mass is 386 g/mol. The summed E-state index contributed by atoms with van der Waals surface area (Å²) >= 11 is 1.39. The third-order valence-electron chi connectivity index (χ3n) is 5.33. The third kappa shape index (κ3) is 3.18. The van der Waals surface area contributed by atoms with Crippen molar-refractivity contribution in [1.82, 2.24) is 15.2 Å². The fraction of sp³-hybridized carbons (Fsp3) is 0.474. The van der Waals surface area contributed by atoms with Gasteiger partial charge in [0.1, 0.15) is 12.1 Å². The highest BCUT2D eigenvalue weighted by atomic mass is 32.1. The van der Waals surface area contributed by atoms with Crippen molar-refractivity contribution in [2.75, 3.05) is 11.9 Å². The Bertz CT molecular complexity index is 946. The van der Waals surface area contributed by atoms with Gasteiger partial charge in [-0.2, -0.15) is 0 Å². The van der Waals surface area contributed by atoms with Gasteiger partial charge in [-0.25, -0.2) is 9.78 Å². The maximum atomic E-state index is 12.8. The Balaban J connectivity index is 1.47. The van der Waals surface area contributed by atoms with Crippen molar-refractivity contribution in [2.45, 2.75) is 51.5 Å². The average molecular weight is 386 g/mol. The molecule has 4 rings (SSSR count). The molecule has 2 heterocycles. The van der Waals surface area contributed by atoms with E-state index < -0.39 is 17.5 Å². The first kappa shape index (κ1) is 17.9. The van der Waals surface area contributed by atoms with Crippen molar-refractivity contribution in [2.24, 2.45) is 0 Å². The number of imide groups is 1. The molecule has 2 aromatic rings. The van der Waals surface area contributed by atoms with Crippen LogP contribution in [0.15, 0.2) is 12.1 Å². The van der Waals surface area contributed by atoms with Crippen LogP contribution >= 0.6 is 11.3 Å². The predicted octanol–water partition coefficient (Wildman–Crippen LogP) is 3.11. The van der Waals surface area contributed by atoms with E-state index in [0.717, 1.165) is 45.5 Å². The topological polar surface area (TPSA) is 91.4 Å². The second kappa shape index (κ2) is 6.60. The molecule has 1 saturated carbocycles. The van der Waals surface area contributed by atoms with Gasteiger partial charge < -0.3 is 10.6 Å². The number of urea groups is 1. The Kier molecular flexibility index (Phi) is 4.38. The Labute approximate surface area is 161 Å². The van der Waals surface area contributed by atoms with Gasteiger partial charge in [-0.05, 0) is 43.9 Å². The number of anilines is 1. The van der Waals surface area contributed by atoms with E-state index in [-0.39, 0.29) is 12.5 Å². The van der Waals surface area contributed by atoms with Crippen LogP contribution in [0.3, 0.4) is 0 Å². The number of benzene rings is 1. The standard InChI is InChI=1S/C19H22N4O3S/c1-11-8-12(2)15-13(9-11)27-17(21-15)20-14(24)10-23-16(25)19(22-18(23)26)6-4-3-5-7-19/h8-9H,3-7,10H2,1-2H3,(H,22,26)(H,20,21,24). The molecule has 4 amide bonds. The molecule has 142 valence electrons. The molecular weight excluding hydrogens is 364 g/mol. The van der Waals surface area contributed by atoms with E-state index in [9.17, 15) is 14.4 Å². The molecule has 1 aromatic heterocycles. The van der Waals surface area contributed by atoms with Crippen LogP contribution in [0.5, 0.6) is 0 Å². The van der Waals surface area contributed by atoms with Crippen LogP contribution in [0.2, 0.25) is 0 Å². The van der Waals surface area contributed by atoms with E-state index in [4.69, 9.17) is 0 Å². The zero-order valence-electron chi connectivity index (χ0n) is 15.4. The molecule has 1 aliphatic heterocycles. The molecule has 1 aromatic carbocycles. The summed E-state index contributed by atoms with van der Waals surface area (Å²) in [6, 6.07) is 3.59. The first-order chi connectivity index (χ1) is 12.9. The summed E-state index contributed by atoms with van der Waals surface area (Å²) in [6.07, 6.45) is 4.19. The molecule has 2 N–H and O–H groups in total. The van der Waals surface area contributed by atoms with Crippen LogP contribution in [-0.4, -0.2) is 39.8 Å². The third-order valence-corrected chi connectivity index (χ3v) is 6.25. The molecule has 0 unspecified atom stereocenters. The number of hydrogen-bond donors (Lipinski definition) is 2. The normalized spacial score (nSPS) is 19.0. The van der Waals surface area contributed by atoms with Crippen molar-refractivity contribution >= 4 is 44.5 Å². The molecular formula is C19H22N4O3S. The SMILES string of the molecule is Cc1cc(C)c2nc(NC(=O)CN3C(=O)NC4(CCCCC4)C3=O)sc2c1. The van der Waals surface area contributed by atoms with Crippen LogP contribution in [-0.2, 0) is 9.59 Å². The van der Waals surface area contributed by atoms with E-state index in [2.05, 4.69) is 15.6 Å². The summed E-state index contributed by atoms with van der Waals surface area (Å²) in [5.74, 6) is -0.696. The first-order valence-corrected chi connectivity index (χ1v) is 10.0. The van der Waals surface area contributed by atoms with Gasteiger partial charge in [0, 0.05) is 0 Å². The van der Waals surface area contributed by atoms with Gasteiger partial charge in [0.2, 0.25) is 5.91 Å². The predicted molar refractivity (Wildman–Crippen MR) is 104 cm³/mol. The van der Waals surface area contributed by atoms with Gasteiger partial charge in [0.05, 0.1) is 10.2 Å². The molecule has 0 atom stereocenters. The number of aromatic nitrogens is 1. The molecule has 0 bridgehead atoms. The highest BCUT2D eigenvalue weighted by Gasteiger charge is 2.51. The van der Waals surface area contributed by atoms with Gasteiger partial charge in [-0.3, -0.25) is 14.5 Å².